The highest BCUT2D eigenvalue weighted by molar-refractivity contribution is 6.30. The van der Waals surface area contributed by atoms with E-state index in [-0.39, 0.29) is 6.04 Å². The minimum Gasteiger partial charge on any atom is -0.495 e. The van der Waals surface area contributed by atoms with Gasteiger partial charge >= 0.3 is 0 Å². The Balaban J connectivity index is 1.65. The highest BCUT2D eigenvalue weighted by Gasteiger charge is 2.25. The van der Waals surface area contributed by atoms with Crippen molar-refractivity contribution >= 4 is 23.2 Å². The largest absolute Gasteiger partial charge is 0.495 e. The number of anilines is 1. The number of halogens is 1. The third kappa shape index (κ3) is 4.86. The molecule has 0 saturated carbocycles. The van der Waals surface area contributed by atoms with Crippen LogP contribution in [0.3, 0.4) is 0 Å². The zero-order chi connectivity index (χ0) is 19.9. The van der Waals surface area contributed by atoms with Gasteiger partial charge in [0, 0.05) is 37.2 Å². The van der Waals surface area contributed by atoms with Crippen molar-refractivity contribution in [2.75, 3.05) is 31.6 Å². The van der Waals surface area contributed by atoms with E-state index >= 15 is 0 Å². The van der Waals surface area contributed by atoms with E-state index in [1.165, 1.54) is 0 Å². The second kappa shape index (κ2) is 9.64. The predicted octanol–water partition coefficient (Wildman–Crippen LogP) is 2.29. The van der Waals surface area contributed by atoms with Crippen molar-refractivity contribution in [3.63, 3.8) is 0 Å². The molecule has 0 amide bonds. The summed E-state index contributed by atoms with van der Waals surface area (Å²) >= 11 is 6.19. The minimum absolute atomic E-state index is 0.283. The summed E-state index contributed by atoms with van der Waals surface area (Å²) in [6, 6.07) is 6.00. The van der Waals surface area contributed by atoms with Gasteiger partial charge < -0.3 is 24.8 Å². The van der Waals surface area contributed by atoms with Gasteiger partial charge in [-0.25, -0.2) is 4.99 Å². The standard InChI is InChI=1S/C19H28ClN7O/c1-4-21-19(22-11-18-25-23-13-26(18)5-2)24-15-8-9-27(12-15)16-10-14(20)6-7-17(16)28-3/h6-7,10,13,15H,4-5,8-9,11-12H2,1-3H3,(H2,21,22,24). The summed E-state index contributed by atoms with van der Waals surface area (Å²) in [5.41, 5.74) is 1.03. The van der Waals surface area contributed by atoms with Crippen LogP contribution < -0.4 is 20.3 Å². The van der Waals surface area contributed by atoms with Gasteiger partial charge in [-0.05, 0) is 38.5 Å². The van der Waals surface area contributed by atoms with Crippen LogP contribution in [0.1, 0.15) is 26.1 Å². The van der Waals surface area contributed by atoms with E-state index in [4.69, 9.17) is 16.3 Å². The van der Waals surface area contributed by atoms with Crippen LogP contribution in [0, 0.1) is 0 Å². The average Bonchev–Trinajstić information content (AvgIpc) is 3.35. The first-order valence-electron chi connectivity index (χ1n) is 9.64. The van der Waals surface area contributed by atoms with Crippen LogP contribution in [0.2, 0.25) is 5.02 Å². The molecule has 28 heavy (non-hydrogen) atoms. The van der Waals surface area contributed by atoms with Gasteiger partial charge in [-0.15, -0.1) is 10.2 Å². The number of guanidine groups is 1. The Bertz CT molecular complexity index is 807. The molecule has 2 heterocycles. The molecule has 1 aliphatic rings. The molecular weight excluding hydrogens is 378 g/mol. The number of aromatic nitrogens is 3. The smallest absolute Gasteiger partial charge is 0.191 e. The lowest BCUT2D eigenvalue weighted by Gasteiger charge is -2.22. The van der Waals surface area contributed by atoms with Crippen LogP contribution in [0.5, 0.6) is 5.75 Å². The van der Waals surface area contributed by atoms with Gasteiger partial charge in [-0.2, -0.15) is 0 Å². The number of hydrogen-bond acceptors (Lipinski definition) is 5. The van der Waals surface area contributed by atoms with Gasteiger partial charge in [-0.3, -0.25) is 0 Å². The lowest BCUT2D eigenvalue weighted by atomic mass is 10.2. The van der Waals surface area contributed by atoms with Crippen molar-refractivity contribution in [3.8, 4) is 5.75 Å². The third-order valence-corrected chi connectivity index (χ3v) is 5.01. The molecule has 1 aliphatic heterocycles. The first-order valence-corrected chi connectivity index (χ1v) is 10.0. The maximum absolute atomic E-state index is 6.19. The van der Waals surface area contributed by atoms with Crippen molar-refractivity contribution in [2.24, 2.45) is 4.99 Å². The fraction of sp³-hybridized carbons (Fsp3) is 0.526. The van der Waals surface area contributed by atoms with Crippen molar-refractivity contribution in [1.82, 2.24) is 25.4 Å². The van der Waals surface area contributed by atoms with E-state index in [9.17, 15) is 0 Å². The Kier molecular flexibility index (Phi) is 6.97. The highest BCUT2D eigenvalue weighted by Crippen LogP contribution is 2.33. The van der Waals surface area contributed by atoms with Gasteiger partial charge in [0.1, 0.15) is 18.6 Å². The Hall–Kier alpha value is -2.48. The molecule has 0 spiro atoms. The number of methoxy groups -OCH3 is 1. The Morgan fingerprint density at radius 2 is 2.25 bits per heavy atom. The van der Waals surface area contributed by atoms with E-state index in [0.29, 0.717) is 11.6 Å². The quantitative estimate of drug-likeness (QED) is 0.543. The fourth-order valence-electron chi connectivity index (χ4n) is 3.34. The molecule has 1 saturated heterocycles. The van der Waals surface area contributed by atoms with E-state index in [1.54, 1.807) is 13.4 Å². The first kappa shape index (κ1) is 20.3. The molecule has 152 valence electrons. The molecule has 9 heteroatoms. The number of ether oxygens (including phenoxy) is 1. The predicted molar refractivity (Wildman–Crippen MR) is 112 cm³/mol. The second-order valence-electron chi connectivity index (χ2n) is 6.62. The van der Waals surface area contributed by atoms with Crippen LogP contribution in [0.25, 0.3) is 0 Å². The molecular formula is C19H28ClN7O. The fourth-order valence-corrected chi connectivity index (χ4v) is 3.50. The third-order valence-electron chi connectivity index (χ3n) is 4.77. The number of rotatable bonds is 7. The van der Waals surface area contributed by atoms with E-state index in [0.717, 1.165) is 55.8 Å². The van der Waals surface area contributed by atoms with E-state index in [1.807, 2.05) is 22.8 Å². The average molecular weight is 406 g/mol. The number of hydrogen-bond donors (Lipinski definition) is 2. The summed E-state index contributed by atoms with van der Waals surface area (Å²) in [5.74, 6) is 2.49. The zero-order valence-corrected chi connectivity index (χ0v) is 17.4. The maximum atomic E-state index is 6.19. The molecule has 2 N–H and O–H groups in total. The highest BCUT2D eigenvalue weighted by atomic mass is 35.5. The van der Waals surface area contributed by atoms with E-state index in [2.05, 4.69) is 44.6 Å². The summed E-state index contributed by atoms with van der Waals surface area (Å²) in [6.07, 6.45) is 2.74. The second-order valence-corrected chi connectivity index (χ2v) is 7.06. The summed E-state index contributed by atoms with van der Waals surface area (Å²) in [5, 5.41) is 15.7. The van der Waals surface area contributed by atoms with Crippen LogP contribution in [0.15, 0.2) is 29.5 Å². The molecule has 1 aromatic carbocycles. The van der Waals surface area contributed by atoms with Crippen molar-refractivity contribution < 1.29 is 4.74 Å². The summed E-state index contributed by atoms with van der Waals surface area (Å²) in [6.45, 7) is 8.03. The van der Waals surface area contributed by atoms with E-state index < -0.39 is 0 Å². The molecule has 0 bridgehead atoms. The molecule has 0 aliphatic carbocycles. The van der Waals surface area contributed by atoms with Crippen molar-refractivity contribution in [2.45, 2.75) is 39.4 Å². The van der Waals surface area contributed by atoms with Crippen molar-refractivity contribution in [3.05, 3.63) is 35.4 Å². The number of aliphatic imine (C=N–C) groups is 1. The van der Waals surface area contributed by atoms with Gasteiger partial charge in [0.25, 0.3) is 0 Å². The molecule has 2 aromatic rings. The minimum atomic E-state index is 0.283. The first-order chi connectivity index (χ1) is 13.6. The number of aryl methyl sites for hydroxylation is 1. The van der Waals surface area contributed by atoms with Gasteiger partial charge in [0.05, 0.1) is 12.8 Å². The van der Waals surface area contributed by atoms with Crippen LogP contribution in [-0.4, -0.2) is 53.5 Å². The number of benzene rings is 1. The molecule has 1 atom stereocenters. The molecule has 1 aromatic heterocycles. The number of nitrogens with one attached hydrogen (secondary N) is 2. The SMILES string of the molecule is CCNC(=NCc1nncn1CC)NC1CCN(c2cc(Cl)ccc2OC)C1. The Morgan fingerprint density at radius 3 is 3.00 bits per heavy atom. The molecule has 0 radical (unpaired) electrons. The van der Waals surface area contributed by atoms with Gasteiger partial charge in [0.2, 0.25) is 0 Å². The molecule has 1 fully saturated rings. The van der Waals surface area contributed by atoms with Crippen LogP contribution in [0.4, 0.5) is 5.69 Å². The summed E-state index contributed by atoms with van der Waals surface area (Å²) in [4.78, 5) is 6.97. The monoisotopic (exact) mass is 405 g/mol. The van der Waals surface area contributed by atoms with Crippen LogP contribution >= 0.6 is 11.6 Å². The Labute approximate surface area is 170 Å². The van der Waals surface area contributed by atoms with Gasteiger partial charge in [0.15, 0.2) is 11.8 Å². The maximum Gasteiger partial charge on any atom is 0.191 e. The van der Waals surface area contributed by atoms with Gasteiger partial charge in [-0.1, -0.05) is 11.6 Å². The molecule has 3 rings (SSSR count). The lowest BCUT2D eigenvalue weighted by Crippen LogP contribution is -2.44. The summed E-state index contributed by atoms with van der Waals surface area (Å²) in [7, 11) is 1.68. The Morgan fingerprint density at radius 1 is 1.39 bits per heavy atom. The van der Waals surface area contributed by atoms with Crippen LogP contribution in [-0.2, 0) is 13.1 Å². The normalized spacial score (nSPS) is 17.1. The lowest BCUT2D eigenvalue weighted by molar-refractivity contribution is 0.415. The zero-order valence-electron chi connectivity index (χ0n) is 16.7. The topological polar surface area (TPSA) is 79.6 Å². The molecule has 8 nitrogen and oxygen atoms in total. The molecule has 1 unspecified atom stereocenters. The number of nitrogens with zero attached hydrogens (tertiary/aromatic N) is 5. The van der Waals surface area contributed by atoms with Crippen molar-refractivity contribution in [1.29, 1.82) is 0 Å². The summed E-state index contributed by atoms with van der Waals surface area (Å²) < 4.78 is 7.49.